The first-order chi connectivity index (χ1) is 14.5. The first-order valence-corrected chi connectivity index (χ1v) is 9.35. The SMILES string of the molecule is CN(/N=C\c1ccccc1O)C(c1ccccc1O)N(C)/N=C/c1ccccc1O. The van der Waals surface area contributed by atoms with Gasteiger partial charge in [0.25, 0.3) is 0 Å². The molecule has 30 heavy (non-hydrogen) atoms. The van der Waals surface area contributed by atoms with Crippen LogP contribution in [0.2, 0.25) is 0 Å². The number of phenols is 3. The van der Waals surface area contributed by atoms with Crippen molar-refractivity contribution in [2.24, 2.45) is 10.2 Å². The lowest BCUT2D eigenvalue weighted by atomic mass is 10.1. The number of para-hydroxylation sites is 3. The van der Waals surface area contributed by atoms with Crippen LogP contribution in [0, 0.1) is 0 Å². The van der Waals surface area contributed by atoms with E-state index in [0.717, 1.165) is 0 Å². The van der Waals surface area contributed by atoms with Crippen LogP contribution in [0.1, 0.15) is 22.9 Å². The van der Waals surface area contributed by atoms with Crippen LogP contribution in [-0.4, -0.2) is 51.9 Å². The number of nitrogens with zero attached hydrogens (tertiary/aromatic N) is 4. The molecule has 3 rings (SSSR count). The Morgan fingerprint density at radius 1 is 0.633 bits per heavy atom. The molecule has 0 aromatic heterocycles. The highest BCUT2D eigenvalue weighted by Crippen LogP contribution is 2.30. The van der Waals surface area contributed by atoms with E-state index in [-0.39, 0.29) is 17.2 Å². The van der Waals surface area contributed by atoms with Gasteiger partial charge < -0.3 is 15.3 Å². The number of benzene rings is 3. The number of phenolic OH excluding ortho intramolecular Hbond substituents is 3. The monoisotopic (exact) mass is 404 g/mol. The topological polar surface area (TPSA) is 91.9 Å². The lowest BCUT2D eigenvalue weighted by Gasteiger charge is -2.32. The van der Waals surface area contributed by atoms with Crippen molar-refractivity contribution in [1.29, 1.82) is 0 Å². The zero-order valence-electron chi connectivity index (χ0n) is 16.8. The fourth-order valence-corrected chi connectivity index (χ4v) is 2.98. The molecule has 7 heteroatoms. The molecular formula is C23H24N4O3. The molecule has 3 aromatic rings. The molecule has 0 aliphatic rings. The summed E-state index contributed by atoms with van der Waals surface area (Å²) in [6.07, 6.45) is 2.54. The zero-order valence-corrected chi connectivity index (χ0v) is 16.8. The average Bonchev–Trinajstić information content (AvgIpc) is 2.74. The predicted octanol–water partition coefficient (Wildman–Crippen LogP) is 3.73. The fourth-order valence-electron chi connectivity index (χ4n) is 2.98. The van der Waals surface area contributed by atoms with E-state index in [2.05, 4.69) is 10.2 Å². The second-order valence-corrected chi connectivity index (χ2v) is 6.69. The summed E-state index contributed by atoms with van der Waals surface area (Å²) in [6, 6.07) is 20.7. The highest BCUT2D eigenvalue weighted by molar-refractivity contribution is 5.83. The molecular weight excluding hydrogens is 380 g/mol. The van der Waals surface area contributed by atoms with Crippen molar-refractivity contribution in [3.05, 3.63) is 89.5 Å². The van der Waals surface area contributed by atoms with E-state index >= 15 is 0 Å². The molecule has 0 heterocycles. The quantitative estimate of drug-likeness (QED) is 0.317. The summed E-state index contributed by atoms with van der Waals surface area (Å²) >= 11 is 0. The normalized spacial score (nSPS) is 12.3. The molecule has 0 saturated carbocycles. The summed E-state index contributed by atoms with van der Waals surface area (Å²) in [5.41, 5.74) is 1.74. The van der Waals surface area contributed by atoms with Gasteiger partial charge in [0.15, 0.2) is 6.17 Å². The molecule has 0 spiro atoms. The number of aromatic hydroxyl groups is 3. The number of hydrogen-bond donors (Lipinski definition) is 3. The summed E-state index contributed by atoms with van der Waals surface area (Å²) < 4.78 is 0. The lowest BCUT2D eigenvalue weighted by molar-refractivity contribution is 0.0873. The Bertz CT molecular complexity index is 990. The summed E-state index contributed by atoms with van der Waals surface area (Å²) in [5, 5.41) is 42.5. The van der Waals surface area contributed by atoms with E-state index in [9.17, 15) is 15.3 Å². The first-order valence-electron chi connectivity index (χ1n) is 9.35. The van der Waals surface area contributed by atoms with Gasteiger partial charge in [0, 0.05) is 30.8 Å². The Hall–Kier alpha value is -4.00. The molecule has 0 saturated heterocycles. The van der Waals surface area contributed by atoms with Crippen LogP contribution in [-0.2, 0) is 0 Å². The molecule has 3 aromatic carbocycles. The van der Waals surface area contributed by atoms with Gasteiger partial charge in [0.2, 0.25) is 0 Å². The second kappa shape index (κ2) is 9.47. The van der Waals surface area contributed by atoms with Crippen molar-refractivity contribution in [3.63, 3.8) is 0 Å². The van der Waals surface area contributed by atoms with Crippen molar-refractivity contribution in [2.45, 2.75) is 6.17 Å². The molecule has 1 atom stereocenters. The van der Waals surface area contributed by atoms with Gasteiger partial charge in [-0.3, -0.25) is 10.0 Å². The van der Waals surface area contributed by atoms with Gasteiger partial charge in [-0.05, 0) is 30.3 Å². The second-order valence-electron chi connectivity index (χ2n) is 6.69. The molecule has 3 N–H and O–H groups in total. The van der Waals surface area contributed by atoms with E-state index < -0.39 is 6.17 Å². The average molecular weight is 404 g/mol. The van der Waals surface area contributed by atoms with Crippen molar-refractivity contribution >= 4 is 12.4 Å². The number of hydrogen-bond acceptors (Lipinski definition) is 7. The van der Waals surface area contributed by atoms with Crippen molar-refractivity contribution < 1.29 is 15.3 Å². The van der Waals surface area contributed by atoms with E-state index in [1.807, 2.05) is 18.2 Å². The molecule has 0 fully saturated rings. The zero-order chi connectivity index (χ0) is 21.5. The minimum atomic E-state index is -0.546. The maximum absolute atomic E-state index is 10.4. The minimum Gasteiger partial charge on any atom is -0.508 e. The van der Waals surface area contributed by atoms with E-state index in [1.54, 1.807) is 91.1 Å². The van der Waals surface area contributed by atoms with Crippen molar-refractivity contribution in [3.8, 4) is 17.2 Å². The lowest BCUT2D eigenvalue weighted by Crippen LogP contribution is -2.32. The molecule has 7 nitrogen and oxygen atoms in total. The predicted molar refractivity (Wildman–Crippen MR) is 118 cm³/mol. The molecule has 0 radical (unpaired) electrons. The summed E-state index contributed by atoms with van der Waals surface area (Å²) in [6.45, 7) is 0. The van der Waals surface area contributed by atoms with Gasteiger partial charge in [0.1, 0.15) is 17.2 Å². The van der Waals surface area contributed by atoms with Crippen LogP contribution in [0.3, 0.4) is 0 Å². The third kappa shape index (κ3) is 4.88. The van der Waals surface area contributed by atoms with Crippen LogP contribution >= 0.6 is 0 Å². The molecule has 0 bridgehead atoms. The Kier molecular flexibility index (Phi) is 6.54. The van der Waals surface area contributed by atoms with Gasteiger partial charge in [-0.1, -0.05) is 42.5 Å². The Labute approximate surface area is 175 Å². The molecule has 0 aliphatic carbocycles. The molecule has 1 unspecified atom stereocenters. The van der Waals surface area contributed by atoms with Gasteiger partial charge in [-0.15, -0.1) is 0 Å². The van der Waals surface area contributed by atoms with Crippen LogP contribution < -0.4 is 0 Å². The highest BCUT2D eigenvalue weighted by Gasteiger charge is 2.23. The third-order valence-electron chi connectivity index (χ3n) is 4.55. The van der Waals surface area contributed by atoms with Crippen molar-refractivity contribution in [1.82, 2.24) is 10.0 Å². The molecule has 0 amide bonds. The first kappa shape index (κ1) is 20.7. The van der Waals surface area contributed by atoms with Crippen molar-refractivity contribution in [2.75, 3.05) is 14.1 Å². The van der Waals surface area contributed by atoms with Gasteiger partial charge in [0.05, 0.1) is 12.4 Å². The van der Waals surface area contributed by atoms with Crippen LogP contribution in [0.5, 0.6) is 17.2 Å². The Balaban J connectivity index is 1.91. The molecule has 0 aliphatic heterocycles. The maximum atomic E-state index is 10.4. The Morgan fingerprint density at radius 3 is 1.47 bits per heavy atom. The van der Waals surface area contributed by atoms with Gasteiger partial charge >= 0.3 is 0 Å². The molecule has 154 valence electrons. The Morgan fingerprint density at radius 2 is 1.03 bits per heavy atom. The summed E-state index contributed by atoms with van der Waals surface area (Å²) in [4.78, 5) is 0. The fraction of sp³-hybridized carbons (Fsp3) is 0.130. The number of rotatable bonds is 7. The van der Waals surface area contributed by atoms with E-state index in [4.69, 9.17) is 0 Å². The van der Waals surface area contributed by atoms with E-state index in [1.165, 1.54) is 0 Å². The van der Waals surface area contributed by atoms with Crippen LogP contribution in [0.4, 0.5) is 0 Å². The van der Waals surface area contributed by atoms with Gasteiger partial charge in [-0.2, -0.15) is 10.2 Å². The minimum absolute atomic E-state index is 0.108. The van der Waals surface area contributed by atoms with Crippen LogP contribution in [0.15, 0.2) is 83.0 Å². The highest BCUT2D eigenvalue weighted by atomic mass is 16.3. The number of hydrazone groups is 2. The largest absolute Gasteiger partial charge is 0.508 e. The summed E-state index contributed by atoms with van der Waals surface area (Å²) in [7, 11) is 3.50. The van der Waals surface area contributed by atoms with E-state index in [0.29, 0.717) is 16.7 Å². The van der Waals surface area contributed by atoms with Crippen LogP contribution in [0.25, 0.3) is 0 Å². The summed E-state index contributed by atoms with van der Waals surface area (Å²) in [5.74, 6) is 0.357. The smallest absolute Gasteiger partial charge is 0.162 e. The van der Waals surface area contributed by atoms with Gasteiger partial charge in [-0.25, -0.2) is 0 Å². The standard InChI is InChI=1S/C23H24N4O3/c1-26(24-15-17-9-3-6-12-20(17)28)23(19-11-5-8-14-22(19)30)27(2)25-16-18-10-4-7-13-21(18)29/h3-16,23,28-30H,1-2H3/b24-15-,25-16+. The maximum Gasteiger partial charge on any atom is 0.162 e. The third-order valence-corrected chi connectivity index (χ3v) is 4.55.